The Morgan fingerprint density at radius 1 is 1.00 bits per heavy atom. The molecule has 0 saturated carbocycles. The van der Waals surface area contributed by atoms with Gasteiger partial charge >= 0.3 is 8.25 Å². The van der Waals surface area contributed by atoms with Crippen molar-refractivity contribution in [2.24, 2.45) is 0 Å². The minimum atomic E-state index is -2.60. The van der Waals surface area contributed by atoms with Crippen LogP contribution in [0.15, 0.2) is 0 Å². The molecule has 0 bridgehead atoms. The standard InChI is InChI=1S/C8H18.C2H5O3P/c1-3-5-7-8-6-4-2;1-2-5-6(3)4/h3-8H2,1-2H3;2H2,1H3. The third kappa shape index (κ3) is 22.7. The van der Waals surface area contributed by atoms with Gasteiger partial charge in [0.2, 0.25) is 0 Å². The van der Waals surface area contributed by atoms with E-state index in [0.717, 1.165) is 0 Å². The van der Waals surface area contributed by atoms with Crippen molar-refractivity contribution in [3.63, 3.8) is 0 Å². The zero-order valence-corrected chi connectivity index (χ0v) is 10.5. The Balaban J connectivity index is 0. The predicted octanol–water partition coefficient (Wildman–Crippen LogP) is 3.41. The van der Waals surface area contributed by atoms with E-state index in [9.17, 15) is 9.46 Å². The summed E-state index contributed by atoms with van der Waals surface area (Å²) < 4.78 is 13.4. The third-order valence-electron chi connectivity index (χ3n) is 1.69. The molecular weight excluding hydrogens is 199 g/mol. The second-order valence-corrected chi connectivity index (χ2v) is 3.76. The van der Waals surface area contributed by atoms with E-state index in [1.165, 1.54) is 38.5 Å². The molecule has 1 unspecified atom stereocenters. The third-order valence-corrected chi connectivity index (χ3v) is 2.16. The Kier molecular flexibility index (Phi) is 18.2. The Labute approximate surface area is 88.8 Å². The summed E-state index contributed by atoms with van der Waals surface area (Å²) in [6.07, 6.45) is 8.49. The lowest BCUT2D eigenvalue weighted by molar-refractivity contribution is -0.185. The van der Waals surface area contributed by atoms with Crippen LogP contribution in [0.1, 0.15) is 59.3 Å². The molecular formula is C10H23O3P. The molecule has 0 fully saturated rings. The van der Waals surface area contributed by atoms with E-state index in [4.69, 9.17) is 0 Å². The van der Waals surface area contributed by atoms with Crippen molar-refractivity contribution >= 4 is 8.25 Å². The highest BCUT2D eigenvalue weighted by atomic mass is 31.1. The lowest BCUT2D eigenvalue weighted by Crippen LogP contribution is -1.88. The van der Waals surface area contributed by atoms with Crippen LogP contribution in [0.25, 0.3) is 0 Å². The molecule has 0 spiro atoms. The molecule has 0 amide bonds. The predicted molar refractivity (Wildman–Crippen MR) is 58.3 cm³/mol. The van der Waals surface area contributed by atoms with Crippen LogP contribution in [0, 0.1) is 0 Å². The van der Waals surface area contributed by atoms with Gasteiger partial charge in [-0.1, -0.05) is 52.4 Å². The molecule has 0 aromatic heterocycles. The average Bonchev–Trinajstić information content (AvgIpc) is 2.13. The monoisotopic (exact) mass is 222 g/mol. The van der Waals surface area contributed by atoms with Crippen LogP contribution < -0.4 is 4.89 Å². The van der Waals surface area contributed by atoms with Crippen molar-refractivity contribution in [3.8, 4) is 0 Å². The Morgan fingerprint density at radius 3 is 1.57 bits per heavy atom. The second kappa shape index (κ2) is 15.5. The number of unbranched alkanes of at least 4 members (excludes halogenated alkanes) is 5. The summed E-state index contributed by atoms with van der Waals surface area (Å²) >= 11 is 0. The summed E-state index contributed by atoms with van der Waals surface area (Å²) in [5.74, 6) is 0. The molecule has 0 rings (SSSR count). The zero-order chi connectivity index (χ0) is 11.2. The van der Waals surface area contributed by atoms with Crippen molar-refractivity contribution in [1.29, 1.82) is 0 Å². The van der Waals surface area contributed by atoms with Gasteiger partial charge in [0.1, 0.15) is 0 Å². The maximum absolute atomic E-state index is 9.41. The van der Waals surface area contributed by atoms with Crippen LogP contribution in [0.3, 0.4) is 0 Å². The van der Waals surface area contributed by atoms with Crippen LogP contribution in [-0.4, -0.2) is 6.61 Å². The number of hydrogen-bond donors (Lipinski definition) is 0. The van der Waals surface area contributed by atoms with Gasteiger partial charge in [-0.2, -0.15) is 0 Å². The topological polar surface area (TPSA) is 49.4 Å². The largest absolute Gasteiger partial charge is 0.566 e. The van der Waals surface area contributed by atoms with Gasteiger partial charge in [0.15, 0.2) is 0 Å². The highest BCUT2D eigenvalue weighted by molar-refractivity contribution is 7.30. The van der Waals surface area contributed by atoms with Crippen molar-refractivity contribution in [3.05, 3.63) is 0 Å². The summed E-state index contributed by atoms with van der Waals surface area (Å²) in [6, 6.07) is 0. The van der Waals surface area contributed by atoms with E-state index in [2.05, 4.69) is 18.4 Å². The Hall–Kier alpha value is 0.0200. The van der Waals surface area contributed by atoms with E-state index in [0.29, 0.717) is 0 Å². The van der Waals surface area contributed by atoms with Gasteiger partial charge in [0.05, 0.1) is 6.61 Å². The molecule has 0 aromatic rings. The lowest BCUT2D eigenvalue weighted by atomic mass is 10.1. The van der Waals surface area contributed by atoms with Gasteiger partial charge in [-0.15, -0.1) is 4.52 Å². The van der Waals surface area contributed by atoms with Gasteiger partial charge in [0, 0.05) is 0 Å². The average molecular weight is 222 g/mol. The van der Waals surface area contributed by atoms with Crippen LogP contribution in [0.4, 0.5) is 0 Å². The second-order valence-electron chi connectivity index (χ2n) is 3.06. The fourth-order valence-corrected chi connectivity index (χ4v) is 1.17. The first-order chi connectivity index (χ1) is 6.68. The molecule has 0 aliphatic heterocycles. The summed E-state index contributed by atoms with van der Waals surface area (Å²) in [5.41, 5.74) is 0. The maximum atomic E-state index is 9.41. The van der Waals surface area contributed by atoms with Crippen molar-refractivity contribution < 1.29 is 14.0 Å². The maximum Gasteiger partial charge on any atom is 0.488 e. The fourth-order valence-electron chi connectivity index (χ4n) is 0.959. The SMILES string of the molecule is CCCCCCCC.CCO[P+](=O)[O-]. The van der Waals surface area contributed by atoms with E-state index in [1.807, 2.05) is 0 Å². The molecule has 3 nitrogen and oxygen atoms in total. The van der Waals surface area contributed by atoms with Gasteiger partial charge in [-0.25, -0.2) is 0 Å². The molecule has 0 radical (unpaired) electrons. The molecule has 1 atom stereocenters. The Morgan fingerprint density at radius 2 is 1.43 bits per heavy atom. The van der Waals surface area contributed by atoms with Gasteiger partial charge in [-0.3, -0.25) is 0 Å². The van der Waals surface area contributed by atoms with Gasteiger partial charge < -0.3 is 4.89 Å². The molecule has 86 valence electrons. The normalized spacial score (nSPS) is 10.4. The molecule has 0 aliphatic carbocycles. The first-order valence-electron chi connectivity index (χ1n) is 5.46. The first-order valence-corrected chi connectivity index (χ1v) is 6.55. The van der Waals surface area contributed by atoms with E-state index >= 15 is 0 Å². The van der Waals surface area contributed by atoms with Crippen molar-refractivity contribution in [2.45, 2.75) is 59.3 Å². The van der Waals surface area contributed by atoms with Crippen LogP contribution >= 0.6 is 8.25 Å². The highest BCUT2D eigenvalue weighted by Crippen LogP contribution is 2.05. The summed E-state index contributed by atoms with van der Waals surface area (Å²) in [7, 11) is -2.60. The minimum absolute atomic E-state index is 0.235. The molecule has 4 heteroatoms. The highest BCUT2D eigenvalue weighted by Gasteiger charge is 1.92. The number of rotatable bonds is 7. The number of hydrogen-bond acceptors (Lipinski definition) is 3. The lowest BCUT2D eigenvalue weighted by Gasteiger charge is -1.93. The van der Waals surface area contributed by atoms with Gasteiger partial charge in [0.25, 0.3) is 0 Å². The van der Waals surface area contributed by atoms with E-state index in [-0.39, 0.29) is 6.61 Å². The van der Waals surface area contributed by atoms with Crippen molar-refractivity contribution in [1.82, 2.24) is 0 Å². The molecule has 14 heavy (non-hydrogen) atoms. The van der Waals surface area contributed by atoms with Crippen molar-refractivity contribution in [2.75, 3.05) is 6.61 Å². The molecule has 0 N–H and O–H groups in total. The first kappa shape index (κ1) is 16.4. The van der Waals surface area contributed by atoms with Crippen LogP contribution in [-0.2, 0) is 9.09 Å². The molecule has 0 aromatic carbocycles. The zero-order valence-electron chi connectivity index (χ0n) is 9.62. The van der Waals surface area contributed by atoms with Crippen LogP contribution in [0.2, 0.25) is 0 Å². The van der Waals surface area contributed by atoms with E-state index in [1.54, 1.807) is 6.92 Å². The summed E-state index contributed by atoms with van der Waals surface area (Å²) in [6.45, 7) is 6.36. The Bertz CT molecular complexity index is 112. The summed E-state index contributed by atoms with van der Waals surface area (Å²) in [5, 5.41) is 0. The van der Waals surface area contributed by atoms with Gasteiger partial charge in [-0.05, 0) is 11.5 Å². The smallest absolute Gasteiger partial charge is 0.488 e. The molecule has 0 aliphatic rings. The molecule has 0 heterocycles. The van der Waals surface area contributed by atoms with Crippen LogP contribution in [0.5, 0.6) is 0 Å². The quantitative estimate of drug-likeness (QED) is 0.490. The molecule has 0 saturated heterocycles. The van der Waals surface area contributed by atoms with E-state index < -0.39 is 8.25 Å². The minimum Gasteiger partial charge on any atom is -0.566 e. The summed E-state index contributed by atoms with van der Waals surface area (Å²) in [4.78, 5) is 9.41. The fraction of sp³-hybridized carbons (Fsp3) is 1.00.